The number of nitrogens with one attached hydrogen (secondary N) is 1. The molecule has 3 heterocycles. The van der Waals surface area contributed by atoms with Gasteiger partial charge in [-0.1, -0.05) is 12.1 Å². The van der Waals surface area contributed by atoms with Crippen LogP contribution in [-0.4, -0.2) is 58.3 Å². The molecule has 9 heteroatoms. The highest BCUT2D eigenvalue weighted by Crippen LogP contribution is 2.39. The van der Waals surface area contributed by atoms with Crippen LogP contribution < -0.4 is 5.32 Å². The molecule has 2 saturated heterocycles. The van der Waals surface area contributed by atoms with Crippen molar-refractivity contribution < 1.29 is 28.3 Å². The SMILES string of the molecule is CC(C)(C)OC(=O)N1CCC(F)(c2ccc3c(c2)CN(C2CCC(=O)NC2=O)C3=O)CC1. The third-order valence-electron chi connectivity index (χ3n) is 6.25. The molecule has 4 rings (SSSR count). The molecule has 0 aliphatic carbocycles. The number of fused-ring (bicyclic) bond motifs is 1. The first-order chi connectivity index (χ1) is 15.0. The molecule has 2 fully saturated rings. The van der Waals surface area contributed by atoms with Gasteiger partial charge in [0.25, 0.3) is 5.91 Å². The van der Waals surface area contributed by atoms with E-state index in [2.05, 4.69) is 5.32 Å². The van der Waals surface area contributed by atoms with E-state index in [0.29, 0.717) is 16.7 Å². The molecule has 0 radical (unpaired) electrons. The number of carbonyl (C=O) groups excluding carboxylic acids is 4. The molecule has 3 aliphatic rings. The molecule has 172 valence electrons. The number of hydrogen-bond donors (Lipinski definition) is 1. The number of ether oxygens (including phenoxy) is 1. The standard InChI is InChI=1S/C23H28FN3O5/c1-22(2,3)32-21(31)26-10-8-23(24,9-11-26)15-4-5-16-14(12-15)13-27(20(16)30)17-6-7-18(28)25-19(17)29/h4-5,12,17H,6-11,13H2,1-3H3,(H,25,28,29). The van der Waals surface area contributed by atoms with Crippen LogP contribution in [0.2, 0.25) is 0 Å². The van der Waals surface area contributed by atoms with Crippen LogP contribution in [0.1, 0.15) is 67.9 Å². The Balaban J connectivity index is 1.46. The van der Waals surface area contributed by atoms with Crippen LogP contribution in [0.15, 0.2) is 18.2 Å². The van der Waals surface area contributed by atoms with E-state index in [1.54, 1.807) is 39.0 Å². The molecule has 32 heavy (non-hydrogen) atoms. The minimum Gasteiger partial charge on any atom is -0.444 e. The van der Waals surface area contributed by atoms with Gasteiger partial charge in [-0.25, -0.2) is 9.18 Å². The molecule has 0 saturated carbocycles. The lowest BCUT2D eigenvalue weighted by Gasteiger charge is -2.37. The second-order valence-corrected chi connectivity index (χ2v) is 9.70. The summed E-state index contributed by atoms with van der Waals surface area (Å²) in [4.78, 5) is 51.7. The lowest BCUT2D eigenvalue weighted by Crippen LogP contribution is -2.52. The Morgan fingerprint density at radius 2 is 1.88 bits per heavy atom. The minimum absolute atomic E-state index is 0.135. The van der Waals surface area contributed by atoms with Crippen LogP contribution in [0.5, 0.6) is 0 Å². The predicted octanol–water partition coefficient (Wildman–Crippen LogP) is 2.64. The van der Waals surface area contributed by atoms with Crippen molar-refractivity contribution in [2.75, 3.05) is 13.1 Å². The van der Waals surface area contributed by atoms with Crippen molar-refractivity contribution in [3.63, 3.8) is 0 Å². The second-order valence-electron chi connectivity index (χ2n) is 9.70. The van der Waals surface area contributed by atoms with E-state index in [1.165, 1.54) is 9.80 Å². The summed E-state index contributed by atoms with van der Waals surface area (Å²) in [5.41, 5.74) is -0.629. The van der Waals surface area contributed by atoms with Crippen molar-refractivity contribution in [3.05, 3.63) is 34.9 Å². The fourth-order valence-corrected chi connectivity index (χ4v) is 4.51. The number of nitrogens with zero attached hydrogens (tertiary/aromatic N) is 2. The van der Waals surface area contributed by atoms with Crippen LogP contribution in [0.3, 0.4) is 0 Å². The number of rotatable bonds is 2. The van der Waals surface area contributed by atoms with Crippen molar-refractivity contribution in [2.24, 2.45) is 0 Å². The number of hydrogen-bond acceptors (Lipinski definition) is 5. The van der Waals surface area contributed by atoms with Gasteiger partial charge in [-0.3, -0.25) is 19.7 Å². The van der Waals surface area contributed by atoms with Gasteiger partial charge in [0.15, 0.2) is 0 Å². The molecule has 1 unspecified atom stereocenters. The zero-order valence-corrected chi connectivity index (χ0v) is 18.6. The van der Waals surface area contributed by atoms with E-state index in [1.807, 2.05) is 0 Å². The molecular weight excluding hydrogens is 417 g/mol. The Hall–Kier alpha value is -2.97. The summed E-state index contributed by atoms with van der Waals surface area (Å²) in [5.74, 6) is -1.09. The first-order valence-corrected chi connectivity index (χ1v) is 10.9. The van der Waals surface area contributed by atoms with E-state index < -0.39 is 29.3 Å². The Kier molecular flexibility index (Phi) is 5.46. The number of piperidine rings is 2. The summed E-state index contributed by atoms with van der Waals surface area (Å²) in [5, 5.41) is 2.28. The number of halogens is 1. The monoisotopic (exact) mass is 445 g/mol. The maximum atomic E-state index is 15.8. The van der Waals surface area contributed by atoms with E-state index in [-0.39, 0.29) is 57.1 Å². The van der Waals surface area contributed by atoms with E-state index in [9.17, 15) is 19.2 Å². The number of likely N-dealkylation sites (tertiary alicyclic amines) is 1. The van der Waals surface area contributed by atoms with E-state index >= 15 is 4.39 Å². The van der Waals surface area contributed by atoms with Gasteiger partial charge in [0.1, 0.15) is 17.3 Å². The van der Waals surface area contributed by atoms with Crippen LogP contribution in [0.25, 0.3) is 0 Å². The highest BCUT2D eigenvalue weighted by atomic mass is 19.1. The molecule has 8 nitrogen and oxygen atoms in total. The number of alkyl halides is 1. The highest BCUT2D eigenvalue weighted by Gasteiger charge is 2.42. The molecule has 0 spiro atoms. The summed E-state index contributed by atoms with van der Waals surface area (Å²) in [7, 11) is 0. The average molecular weight is 445 g/mol. The zero-order valence-electron chi connectivity index (χ0n) is 18.6. The lowest BCUT2D eigenvalue weighted by molar-refractivity contribution is -0.136. The highest BCUT2D eigenvalue weighted by molar-refractivity contribution is 6.05. The van der Waals surface area contributed by atoms with Crippen molar-refractivity contribution in [1.29, 1.82) is 0 Å². The summed E-state index contributed by atoms with van der Waals surface area (Å²) >= 11 is 0. The van der Waals surface area contributed by atoms with Gasteiger partial charge < -0.3 is 14.5 Å². The zero-order chi connectivity index (χ0) is 23.3. The minimum atomic E-state index is -1.61. The number of amides is 4. The quantitative estimate of drug-likeness (QED) is 0.706. The van der Waals surface area contributed by atoms with Crippen LogP contribution >= 0.6 is 0 Å². The molecule has 1 atom stereocenters. The molecule has 1 aromatic rings. The van der Waals surface area contributed by atoms with Gasteiger partial charge in [-0.2, -0.15) is 0 Å². The lowest BCUT2D eigenvalue weighted by atomic mass is 9.85. The van der Waals surface area contributed by atoms with Gasteiger partial charge in [0.2, 0.25) is 11.8 Å². The Morgan fingerprint density at radius 3 is 2.50 bits per heavy atom. The van der Waals surface area contributed by atoms with Gasteiger partial charge in [0.05, 0.1) is 0 Å². The van der Waals surface area contributed by atoms with E-state index in [4.69, 9.17) is 4.74 Å². The molecule has 3 aliphatic heterocycles. The third-order valence-corrected chi connectivity index (χ3v) is 6.25. The topological polar surface area (TPSA) is 96.0 Å². The molecule has 0 bridgehead atoms. The Bertz CT molecular complexity index is 978. The van der Waals surface area contributed by atoms with Crippen molar-refractivity contribution in [3.8, 4) is 0 Å². The van der Waals surface area contributed by atoms with Crippen LogP contribution in [0.4, 0.5) is 9.18 Å². The average Bonchev–Trinajstić information content (AvgIpc) is 3.03. The van der Waals surface area contributed by atoms with Crippen molar-refractivity contribution in [1.82, 2.24) is 15.1 Å². The molecule has 1 N–H and O–H groups in total. The summed E-state index contributed by atoms with van der Waals surface area (Å²) < 4.78 is 21.2. The Labute approximate surface area is 186 Å². The fraction of sp³-hybridized carbons (Fsp3) is 0.565. The number of imide groups is 1. The number of benzene rings is 1. The summed E-state index contributed by atoms with van der Waals surface area (Å²) in [6.45, 7) is 6.05. The normalized spacial score (nSPS) is 23.1. The first kappa shape index (κ1) is 22.2. The Morgan fingerprint density at radius 1 is 1.19 bits per heavy atom. The second kappa shape index (κ2) is 7.86. The molecular formula is C23H28FN3O5. The van der Waals surface area contributed by atoms with E-state index in [0.717, 1.165) is 0 Å². The fourth-order valence-electron chi connectivity index (χ4n) is 4.51. The van der Waals surface area contributed by atoms with Crippen molar-refractivity contribution in [2.45, 2.75) is 70.3 Å². The molecule has 0 aromatic heterocycles. The largest absolute Gasteiger partial charge is 0.444 e. The van der Waals surface area contributed by atoms with Crippen molar-refractivity contribution >= 4 is 23.8 Å². The maximum absolute atomic E-state index is 15.8. The van der Waals surface area contributed by atoms with Gasteiger partial charge in [0, 0.05) is 44.5 Å². The predicted molar refractivity (Wildman–Crippen MR) is 112 cm³/mol. The van der Waals surface area contributed by atoms with Crippen LogP contribution in [-0.2, 0) is 26.5 Å². The summed E-state index contributed by atoms with van der Waals surface area (Å²) in [6.07, 6.45) is 0.291. The summed E-state index contributed by atoms with van der Waals surface area (Å²) in [6, 6.07) is 4.23. The third kappa shape index (κ3) is 4.20. The first-order valence-electron chi connectivity index (χ1n) is 10.9. The molecule has 4 amide bonds. The maximum Gasteiger partial charge on any atom is 0.410 e. The van der Waals surface area contributed by atoms with Gasteiger partial charge in [-0.05, 0) is 44.4 Å². The number of carbonyl (C=O) groups is 4. The molecule has 1 aromatic carbocycles. The van der Waals surface area contributed by atoms with Gasteiger partial charge in [-0.15, -0.1) is 0 Å². The van der Waals surface area contributed by atoms with Gasteiger partial charge >= 0.3 is 6.09 Å². The smallest absolute Gasteiger partial charge is 0.410 e. The van der Waals surface area contributed by atoms with Crippen LogP contribution in [0, 0.1) is 0 Å².